The fraction of sp³-hybridized carbons (Fsp3) is 0.846. The number of piperidine rings is 1. The highest BCUT2D eigenvalue weighted by atomic mass is 16.5. The first-order valence-corrected chi connectivity index (χ1v) is 6.97. The van der Waals surface area contributed by atoms with Crippen molar-refractivity contribution >= 4 is 0 Å². The van der Waals surface area contributed by atoms with E-state index in [1.807, 2.05) is 0 Å². The van der Waals surface area contributed by atoms with Gasteiger partial charge in [0.25, 0.3) is 0 Å². The fourth-order valence-electron chi connectivity index (χ4n) is 3.01. The Morgan fingerprint density at radius 1 is 1.12 bits per heavy atom. The summed E-state index contributed by atoms with van der Waals surface area (Å²) in [6.45, 7) is 1.13. The Hall–Kier alpha value is -0.900. The van der Waals surface area contributed by atoms with E-state index in [9.17, 15) is 0 Å². The number of hydrogen-bond acceptors (Lipinski definition) is 4. The summed E-state index contributed by atoms with van der Waals surface area (Å²) in [6, 6.07) is 0.542. The van der Waals surface area contributed by atoms with E-state index < -0.39 is 0 Å². The molecule has 1 aliphatic carbocycles. The molecule has 4 heteroatoms. The standard InChI is InChI=1S/C13H21N3O/c1-2-6-10(5-1)13-15-12(17-16-13)9-11-7-3-4-8-14-11/h10-11,14H,1-9H2. The number of aromatic nitrogens is 2. The molecule has 1 atom stereocenters. The molecule has 1 aromatic heterocycles. The molecule has 0 bridgehead atoms. The van der Waals surface area contributed by atoms with E-state index in [-0.39, 0.29) is 0 Å². The van der Waals surface area contributed by atoms with Crippen LogP contribution in [0.15, 0.2) is 4.52 Å². The first-order chi connectivity index (χ1) is 8.42. The minimum absolute atomic E-state index is 0.542. The van der Waals surface area contributed by atoms with Gasteiger partial charge in [0.1, 0.15) is 0 Å². The van der Waals surface area contributed by atoms with Crippen LogP contribution in [-0.4, -0.2) is 22.7 Å². The molecule has 1 saturated carbocycles. The van der Waals surface area contributed by atoms with Crippen LogP contribution in [0.25, 0.3) is 0 Å². The first-order valence-electron chi connectivity index (χ1n) is 6.97. The zero-order chi connectivity index (χ0) is 11.5. The van der Waals surface area contributed by atoms with Crippen molar-refractivity contribution in [3.8, 4) is 0 Å². The Morgan fingerprint density at radius 3 is 2.71 bits per heavy atom. The molecule has 17 heavy (non-hydrogen) atoms. The highest BCUT2D eigenvalue weighted by molar-refractivity contribution is 4.99. The second-order valence-corrected chi connectivity index (χ2v) is 5.38. The highest BCUT2D eigenvalue weighted by Crippen LogP contribution is 2.32. The molecule has 1 N–H and O–H groups in total. The Bertz CT molecular complexity index is 351. The van der Waals surface area contributed by atoms with E-state index in [1.54, 1.807) is 0 Å². The number of nitrogens with zero attached hydrogens (tertiary/aromatic N) is 2. The summed E-state index contributed by atoms with van der Waals surface area (Å²) in [5.41, 5.74) is 0. The van der Waals surface area contributed by atoms with Gasteiger partial charge < -0.3 is 9.84 Å². The Morgan fingerprint density at radius 2 is 1.94 bits per heavy atom. The van der Waals surface area contributed by atoms with Gasteiger partial charge in [0.15, 0.2) is 5.82 Å². The Balaban J connectivity index is 1.59. The molecule has 2 aliphatic rings. The molecule has 1 aromatic rings. The van der Waals surface area contributed by atoms with Gasteiger partial charge in [-0.15, -0.1) is 0 Å². The van der Waals surface area contributed by atoms with Crippen molar-refractivity contribution < 1.29 is 4.52 Å². The van der Waals surface area contributed by atoms with Gasteiger partial charge in [0.05, 0.1) is 0 Å². The van der Waals surface area contributed by atoms with E-state index in [0.717, 1.165) is 24.7 Å². The molecular formula is C13H21N3O. The maximum atomic E-state index is 5.38. The molecule has 0 spiro atoms. The molecular weight excluding hydrogens is 214 g/mol. The van der Waals surface area contributed by atoms with Crippen LogP contribution in [0.5, 0.6) is 0 Å². The monoisotopic (exact) mass is 235 g/mol. The van der Waals surface area contributed by atoms with E-state index in [1.165, 1.54) is 44.9 Å². The van der Waals surface area contributed by atoms with Crippen molar-refractivity contribution in [2.24, 2.45) is 0 Å². The molecule has 0 radical (unpaired) electrons. The highest BCUT2D eigenvalue weighted by Gasteiger charge is 2.23. The van der Waals surface area contributed by atoms with Crippen molar-refractivity contribution in [3.05, 3.63) is 11.7 Å². The largest absolute Gasteiger partial charge is 0.339 e. The molecule has 1 saturated heterocycles. The van der Waals surface area contributed by atoms with E-state index in [0.29, 0.717) is 12.0 Å². The zero-order valence-corrected chi connectivity index (χ0v) is 10.3. The molecule has 2 fully saturated rings. The van der Waals surface area contributed by atoms with Crippen LogP contribution in [0.2, 0.25) is 0 Å². The van der Waals surface area contributed by atoms with Crippen molar-refractivity contribution in [1.29, 1.82) is 0 Å². The lowest BCUT2D eigenvalue weighted by molar-refractivity contribution is 0.328. The lowest BCUT2D eigenvalue weighted by Crippen LogP contribution is -2.35. The summed E-state index contributed by atoms with van der Waals surface area (Å²) >= 11 is 0. The van der Waals surface area contributed by atoms with E-state index >= 15 is 0 Å². The van der Waals surface area contributed by atoms with Crippen molar-refractivity contribution in [3.63, 3.8) is 0 Å². The molecule has 4 nitrogen and oxygen atoms in total. The van der Waals surface area contributed by atoms with Gasteiger partial charge in [-0.1, -0.05) is 24.4 Å². The van der Waals surface area contributed by atoms with Crippen LogP contribution in [0.1, 0.15) is 62.6 Å². The lowest BCUT2D eigenvalue weighted by Gasteiger charge is -2.21. The van der Waals surface area contributed by atoms with Gasteiger partial charge in [-0.05, 0) is 32.2 Å². The first kappa shape index (κ1) is 11.2. The number of hydrogen-bond donors (Lipinski definition) is 1. The van der Waals surface area contributed by atoms with Crippen LogP contribution in [0.3, 0.4) is 0 Å². The SMILES string of the molecule is C1CCC(Cc2nc(C3CCCC3)no2)NC1. The average Bonchev–Trinajstić information content (AvgIpc) is 3.00. The molecule has 2 heterocycles. The van der Waals surface area contributed by atoms with Gasteiger partial charge in [-0.3, -0.25) is 0 Å². The van der Waals surface area contributed by atoms with Crippen LogP contribution in [0.4, 0.5) is 0 Å². The third-order valence-electron chi connectivity index (χ3n) is 4.04. The van der Waals surface area contributed by atoms with Gasteiger partial charge in [-0.25, -0.2) is 0 Å². The molecule has 0 aromatic carbocycles. The smallest absolute Gasteiger partial charge is 0.228 e. The normalized spacial score (nSPS) is 26.5. The quantitative estimate of drug-likeness (QED) is 0.874. The third-order valence-corrected chi connectivity index (χ3v) is 4.04. The molecule has 1 aliphatic heterocycles. The van der Waals surface area contributed by atoms with Gasteiger partial charge in [0.2, 0.25) is 5.89 Å². The van der Waals surface area contributed by atoms with Gasteiger partial charge in [0, 0.05) is 18.4 Å². The molecule has 0 amide bonds. The van der Waals surface area contributed by atoms with Crippen LogP contribution >= 0.6 is 0 Å². The average molecular weight is 235 g/mol. The Labute approximate surface area is 102 Å². The fourth-order valence-corrected chi connectivity index (χ4v) is 3.01. The summed E-state index contributed by atoms with van der Waals surface area (Å²) in [4.78, 5) is 4.57. The zero-order valence-electron chi connectivity index (χ0n) is 10.3. The summed E-state index contributed by atoms with van der Waals surface area (Å²) in [6.07, 6.45) is 9.87. The van der Waals surface area contributed by atoms with E-state index in [4.69, 9.17) is 4.52 Å². The van der Waals surface area contributed by atoms with Crippen molar-refractivity contribution in [2.75, 3.05) is 6.54 Å². The molecule has 1 unspecified atom stereocenters. The second kappa shape index (κ2) is 5.17. The number of nitrogens with one attached hydrogen (secondary N) is 1. The summed E-state index contributed by atoms with van der Waals surface area (Å²) < 4.78 is 5.38. The third kappa shape index (κ3) is 2.68. The summed E-state index contributed by atoms with van der Waals surface area (Å²) in [7, 11) is 0. The van der Waals surface area contributed by atoms with Gasteiger partial charge >= 0.3 is 0 Å². The minimum Gasteiger partial charge on any atom is -0.339 e. The topological polar surface area (TPSA) is 51.0 Å². The maximum Gasteiger partial charge on any atom is 0.228 e. The second-order valence-electron chi connectivity index (χ2n) is 5.38. The predicted octanol–water partition coefficient (Wildman–Crippen LogP) is 2.41. The molecule has 3 rings (SSSR count). The van der Waals surface area contributed by atoms with Crippen molar-refractivity contribution in [1.82, 2.24) is 15.5 Å². The lowest BCUT2D eigenvalue weighted by atomic mass is 10.0. The van der Waals surface area contributed by atoms with Gasteiger partial charge in [-0.2, -0.15) is 4.98 Å². The summed E-state index contributed by atoms with van der Waals surface area (Å²) in [5, 5.41) is 7.67. The van der Waals surface area contributed by atoms with Crippen LogP contribution in [-0.2, 0) is 6.42 Å². The predicted molar refractivity (Wildman–Crippen MR) is 64.9 cm³/mol. The van der Waals surface area contributed by atoms with Crippen LogP contribution in [0, 0.1) is 0 Å². The minimum atomic E-state index is 0.542. The van der Waals surface area contributed by atoms with Crippen molar-refractivity contribution in [2.45, 2.75) is 63.3 Å². The summed E-state index contributed by atoms with van der Waals surface area (Å²) in [5.74, 6) is 2.34. The van der Waals surface area contributed by atoms with Crippen LogP contribution < -0.4 is 5.32 Å². The maximum absolute atomic E-state index is 5.38. The van der Waals surface area contributed by atoms with E-state index in [2.05, 4.69) is 15.5 Å². The molecule has 94 valence electrons. The Kier molecular flexibility index (Phi) is 3.41. The number of rotatable bonds is 3.